The van der Waals surface area contributed by atoms with Crippen molar-refractivity contribution in [2.75, 3.05) is 13.7 Å². The summed E-state index contributed by atoms with van der Waals surface area (Å²) < 4.78 is 18.6. The van der Waals surface area contributed by atoms with E-state index in [-0.39, 0.29) is 23.9 Å². The van der Waals surface area contributed by atoms with E-state index in [9.17, 15) is 5.11 Å². The maximum atomic E-state index is 11.0. The van der Waals surface area contributed by atoms with E-state index in [1.165, 1.54) is 0 Å². The van der Waals surface area contributed by atoms with Crippen LogP contribution in [0.5, 0.6) is 0 Å². The number of hydrogen-bond acceptors (Lipinski definition) is 5. The maximum Gasteiger partial charge on any atom is 0.173 e. The Morgan fingerprint density at radius 3 is 2.62 bits per heavy atom. The molecule has 1 aromatic carbocycles. The third kappa shape index (κ3) is 7.23. The van der Waals surface area contributed by atoms with Crippen LogP contribution in [0.3, 0.4) is 0 Å². The zero-order valence-electron chi connectivity index (χ0n) is 19.7. The van der Waals surface area contributed by atoms with Gasteiger partial charge in [0.2, 0.25) is 0 Å². The Kier molecular flexibility index (Phi) is 10.5. The average Bonchev–Trinajstić information content (AvgIpc) is 3.13. The number of aliphatic hydroxyl groups excluding tert-OH is 1. The second-order valence-corrected chi connectivity index (χ2v) is 9.11. The van der Waals surface area contributed by atoms with Gasteiger partial charge in [-0.05, 0) is 35.8 Å². The van der Waals surface area contributed by atoms with E-state index in [1.807, 2.05) is 44.2 Å². The number of benzene rings is 1. The SMILES string of the molecule is C#CC[C@H](C)C[C@@H](OCc1ccccc1)[C@@H]1OC(OC)([C@H](C)C[C@H](C)CN=[N+]=[N-])C[C@@H]1O. The molecule has 7 heteroatoms. The summed E-state index contributed by atoms with van der Waals surface area (Å²) in [5.41, 5.74) is 9.64. The second-order valence-electron chi connectivity index (χ2n) is 9.11. The standard InChI is InChI=1S/C25H37N3O4/c1-6-10-18(2)14-23(31-17-21-11-8-7-9-12-21)24-22(29)15-25(30-5,32-24)20(4)13-19(3)16-27-28-26/h1,7-9,11-12,18-20,22-24,29H,10,13-17H2,2-5H3/t18-,19-,20+,22-,23+,24+,25?/m0/s1. The normalized spacial score (nSPS) is 26.5. The van der Waals surface area contributed by atoms with E-state index in [0.29, 0.717) is 32.4 Å². The molecule has 0 saturated carbocycles. The van der Waals surface area contributed by atoms with Crippen molar-refractivity contribution in [2.45, 2.75) is 77.2 Å². The van der Waals surface area contributed by atoms with Gasteiger partial charge < -0.3 is 19.3 Å². The average molecular weight is 444 g/mol. The molecule has 32 heavy (non-hydrogen) atoms. The fraction of sp³-hybridized carbons (Fsp3) is 0.680. The Hall–Kier alpha value is -2.07. The Morgan fingerprint density at radius 1 is 1.28 bits per heavy atom. The number of terminal acetylenes is 1. The molecule has 0 aliphatic carbocycles. The molecule has 1 aromatic rings. The van der Waals surface area contributed by atoms with E-state index in [4.69, 9.17) is 26.2 Å². The summed E-state index contributed by atoms with van der Waals surface area (Å²) in [6.45, 7) is 7.01. The minimum absolute atomic E-state index is 0.00560. The molecule has 0 amide bonds. The summed E-state index contributed by atoms with van der Waals surface area (Å²) in [7, 11) is 1.62. The first-order chi connectivity index (χ1) is 15.3. The van der Waals surface area contributed by atoms with Crippen molar-refractivity contribution in [1.29, 1.82) is 0 Å². The van der Waals surface area contributed by atoms with Crippen LogP contribution in [0, 0.1) is 30.1 Å². The van der Waals surface area contributed by atoms with Gasteiger partial charge >= 0.3 is 0 Å². The summed E-state index contributed by atoms with van der Waals surface area (Å²) in [6, 6.07) is 9.95. The molecule has 7 nitrogen and oxygen atoms in total. The summed E-state index contributed by atoms with van der Waals surface area (Å²) in [5.74, 6) is 2.20. The van der Waals surface area contributed by atoms with Crippen molar-refractivity contribution in [3.63, 3.8) is 0 Å². The van der Waals surface area contributed by atoms with Crippen LogP contribution in [-0.2, 0) is 20.8 Å². The lowest BCUT2D eigenvalue weighted by molar-refractivity contribution is -0.258. The van der Waals surface area contributed by atoms with Gasteiger partial charge in [0.1, 0.15) is 6.10 Å². The van der Waals surface area contributed by atoms with E-state index in [1.54, 1.807) is 7.11 Å². The lowest BCUT2D eigenvalue weighted by Crippen LogP contribution is -2.42. The molecule has 1 aliphatic rings. The van der Waals surface area contributed by atoms with Crippen molar-refractivity contribution in [2.24, 2.45) is 22.9 Å². The van der Waals surface area contributed by atoms with E-state index >= 15 is 0 Å². The van der Waals surface area contributed by atoms with Gasteiger partial charge in [-0.2, -0.15) is 0 Å². The molecule has 1 heterocycles. The van der Waals surface area contributed by atoms with E-state index < -0.39 is 18.0 Å². The van der Waals surface area contributed by atoms with Crippen molar-refractivity contribution in [3.05, 3.63) is 46.3 Å². The lowest BCUT2D eigenvalue weighted by Gasteiger charge is -2.36. The van der Waals surface area contributed by atoms with Gasteiger partial charge in [-0.3, -0.25) is 0 Å². The van der Waals surface area contributed by atoms with Crippen LogP contribution in [0.15, 0.2) is 35.4 Å². The Bertz CT molecular complexity index is 777. The zero-order valence-corrected chi connectivity index (χ0v) is 19.7. The summed E-state index contributed by atoms with van der Waals surface area (Å²) in [6.07, 6.45) is 6.38. The number of rotatable bonds is 13. The molecule has 1 saturated heterocycles. The Labute approximate surface area is 192 Å². The fourth-order valence-electron chi connectivity index (χ4n) is 4.53. The molecule has 7 atom stereocenters. The largest absolute Gasteiger partial charge is 0.390 e. The van der Waals surface area contributed by atoms with Crippen molar-refractivity contribution in [3.8, 4) is 12.3 Å². The predicted molar refractivity (Wildman–Crippen MR) is 124 cm³/mol. The molecular formula is C25H37N3O4. The number of ether oxygens (including phenoxy) is 3. The Balaban J connectivity index is 2.15. The van der Waals surface area contributed by atoms with Gasteiger partial charge in [0.25, 0.3) is 0 Å². The highest BCUT2D eigenvalue weighted by Gasteiger charge is 2.52. The molecule has 0 bridgehead atoms. The third-order valence-electron chi connectivity index (χ3n) is 6.29. The highest BCUT2D eigenvalue weighted by Crippen LogP contribution is 2.42. The summed E-state index contributed by atoms with van der Waals surface area (Å²) in [4.78, 5) is 2.85. The predicted octanol–water partition coefficient (Wildman–Crippen LogP) is 5.09. The molecule has 1 fully saturated rings. The van der Waals surface area contributed by atoms with Crippen LogP contribution in [0.25, 0.3) is 10.4 Å². The van der Waals surface area contributed by atoms with Crippen LogP contribution in [-0.4, -0.2) is 42.9 Å². The van der Waals surface area contributed by atoms with Crippen LogP contribution < -0.4 is 0 Å². The number of hydrogen-bond donors (Lipinski definition) is 1. The third-order valence-corrected chi connectivity index (χ3v) is 6.29. The highest BCUT2D eigenvalue weighted by molar-refractivity contribution is 5.13. The van der Waals surface area contributed by atoms with Gasteiger partial charge in [-0.1, -0.05) is 56.2 Å². The first-order valence-electron chi connectivity index (χ1n) is 11.4. The highest BCUT2D eigenvalue weighted by atomic mass is 16.7. The number of azide groups is 1. The van der Waals surface area contributed by atoms with E-state index in [0.717, 1.165) is 12.0 Å². The van der Waals surface area contributed by atoms with Crippen LogP contribution in [0.4, 0.5) is 0 Å². The van der Waals surface area contributed by atoms with Crippen LogP contribution in [0.2, 0.25) is 0 Å². The van der Waals surface area contributed by atoms with E-state index in [2.05, 4.69) is 22.9 Å². The number of nitrogens with zero attached hydrogens (tertiary/aromatic N) is 3. The molecule has 0 radical (unpaired) electrons. The number of methoxy groups -OCH3 is 1. The summed E-state index contributed by atoms with van der Waals surface area (Å²) in [5, 5.41) is 14.7. The number of aliphatic hydroxyl groups is 1. The molecule has 2 rings (SSSR count). The Morgan fingerprint density at radius 2 is 2.00 bits per heavy atom. The molecule has 0 aromatic heterocycles. The smallest absolute Gasteiger partial charge is 0.173 e. The van der Waals surface area contributed by atoms with Gasteiger partial charge in [0.05, 0.1) is 18.8 Å². The summed E-state index contributed by atoms with van der Waals surface area (Å²) >= 11 is 0. The minimum Gasteiger partial charge on any atom is -0.390 e. The first-order valence-corrected chi connectivity index (χ1v) is 11.4. The molecule has 1 N–H and O–H groups in total. The first kappa shape index (κ1) is 26.2. The van der Waals surface area contributed by atoms with Crippen LogP contribution >= 0.6 is 0 Å². The van der Waals surface area contributed by atoms with Crippen molar-refractivity contribution in [1.82, 2.24) is 0 Å². The topological polar surface area (TPSA) is 96.7 Å². The second kappa shape index (κ2) is 12.8. The monoisotopic (exact) mass is 443 g/mol. The van der Waals surface area contributed by atoms with Crippen molar-refractivity contribution >= 4 is 0 Å². The maximum absolute atomic E-state index is 11.0. The molecule has 1 aliphatic heterocycles. The lowest BCUT2D eigenvalue weighted by atomic mass is 9.87. The quantitative estimate of drug-likeness (QED) is 0.199. The fourth-order valence-corrected chi connectivity index (χ4v) is 4.53. The molecule has 1 unspecified atom stereocenters. The zero-order chi connectivity index (χ0) is 23.6. The van der Waals surface area contributed by atoms with Gasteiger partial charge in [0, 0.05) is 37.3 Å². The van der Waals surface area contributed by atoms with Crippen LogP contribution in [0.1, 0.15) is 52.0 Å². The molecule has 0 spiro atoms. The van der Waals surface area contributed by atoms with Crippen molar-refractivity contribution < 1.29 is 19.3 Å². The van der Waals surface area contributed by atoms with Gasteiger partial charge in [-0.15, -0.1) is 12.3 Å². The van der Waals surface area contributed by atoms with Gasteiger partial charge in [0.15, 0.2) is 5.79 Å². The van der Waals surface area contributed by atoms with Gasteiger partial charge in [-0.25, -0.2) is 0 Å². The molecular weight excluding hydrogens is 406 g/mol. The minimum atomic E-state index is -0.918. The molecule has 176 valence electrons.